The highest BCUT2D eigenvalue weighted by atomic mass is 16.5. The molecular weight excluding hydrogens is 194 g/mol. The molecule has 1 fully saturated rings. The van der Waals surface area contributed by atoms with Gasteiger partial charge in [0.25, 0.3) is 0 Å². The highest BCUT2D eigenvalue weighted by Gasteiger charge is 2.13. The number of carbonyl (C=O) groups excluding carboxylic acids is 1. The summed E-state index contributed by atoms with van der Waals surface area (Å²) in [5.41, 5.74) is 0.402. The fourth-order valence-corrected chi connectivity index (χ4v) is 1.57. The van der Waals surface area contributed by atoms with E-state index in [1.54, 1.807) is 6.07 Å². The normalized spacial score (nSPS) is 17.3. The minimum atomic E-state index is 0.383. The highest BCUT2D eigenvalue weighted by Crippen LogP contribution is 2.12. The van der Waals surface area contributed by atoms with Crippen molar-refractivity contribution in [2.45, 2.75) is 18.9 Å². The van der Waals surface area contributed by atoms with E-state index < -0.39 is 0 Å². The van der Waals surface area contributed by atoms with Crippen LogP contribution in [0, 0.1) is 0 Å². The molecule has 0 saturated carbocycles. The van der Waals surface area contributed by atoms with Gasteiger partial charge in [0.1, 0.15) is 17.8 Å². The van der Waals surface area contributed by atoms with Gasteiger partial charge in [0.15, 0.2) is 6.29 Å². The van der Waals surface area contributed by atoms with E-state index in [0.29, 0.717) is 17.6 Å². The fraction of sp³-hybridized carbons (Fsp3) is 0.500. The molecule has 1 aromatic rings. The number of anilines is 1. The zero-order valence-electron chi connectivity index (χ0n) is 8.35. The fourth-order valence-electron chi connectivity index (χ4n) is 1.57. The SMILES string of the molecule is O=Cc1cc(NC2CCOCC2)ncn1. The standard InChI is InChI=1S/C10H13N3O2/c14-6-9-5-10(12-7-11-9)13-8-1-3-15-4-2-8/h5-8H,1-4H2,(H,11,12,13). The van der Waals surface area contributed by atoms with Crippen LogP contribution in [0.2, 0.25) is 0 Å². The molecule has 0 aromatic carbocycles. The van der Waals surface area contributed by atoms with Crippen molar-refractivity contribution in [1.82, 2.24) is 9.97 Å². The van der Waals surface area contributed by atoms with Crippen LogP contribution < -0.4 is 5.32 Å². The van der Waals surface area contributed by atoms with Gasteiger partial charge in [0, 0.05) is 25.3 Å². The van der Waals surface area contributed by atoms with Crippen LogP contribution in [0.3, 0.4) is 0 Å². The first-order valence-corrected chi connectivity index (χ1v) is 5.00. The monoisotopic (exact) mass is 207 g/mol. The van der Waals surface area contributed by atoms with Crippen LogP contribution in [0.4, 0.5) is 5.82 Å². The molecule has 0 spiro atoms. The Morgan fingerprint density at radius 1 is 1.40 bits per heavy atom. The molecule has 0 amide bonds. The van der Waals surface area contributed by atoms with Gasteiger partial charge in [0.2, 0.25) is 0 Å². The lowest BCUT2D eigenvalue weighted by molar-refractivity contribution is 0.0903. The second-order valence-electron chi connectivity index (χ2n) is 3.48. The number of nitrogens with zero attached hydrogens (tertiary/aromatic N) is 2. The molecule has 1 saturated heterocycles. The summed E-state index contributed by atoms with van der Waals surface area (Å²) in [6.07, 6.45) is 4.06. The number of aromatic nitrogens is 2. The third-order valence-corrected chi connectivity index (χ3v) is 2.38. The van der Waals surface area contributed by atoms with Gasteiger partial charge in [-0.15, -0.1) is 0 Å². The Morgan fingerprint density at radius 3 is 2.93 bits per heavy atom. The van der Waals surface area contributed by atoms with Gasteiger partial charge in [-0.05, 0) is 12.8 Å². The third kappa shape index (κ3) is 2.73. The Hall–Kier alpha value is -1.49. The lowest BCUT2D eigenvalue weighted by atomic mass is 10.1. The van der Waals surface area contributed by atoms with Gasteiger partial charge in [-0.25, -0.2) is 9.97 Å². The summed E-state index contributed by atoms with van der Waals surface area (Å²) in [6.45, 7) is 1.56. The lowest BCUT2D eigenvalue weighted by Crippen LogP contribution is -2.28. The molecule has 0 unspecified atom stereocenters. The topological polar surface area (TPSA) is 64.1 Å². The summed E-state index contributed by atoms with van der Waals surface area (Å²) in [6, 6.07) is 2.04. The number of hydrogen-bond donors (Lipinski definition) is 1. The van der Waals surface area contributed by atoms with E-state index in [4.69, 9.17) is 4.74 Å². The van der Waals surface area contributed by atoms with Gasteiger partial charge in [-0.1, -0.05) is 0 Å². The lowest BCUT2D eigenvalue weighted by Gasteiger charge is -2.23. The Labute approximate surface area is 87.9 Å². The highest BCUT2D eigenvalue weighted by molar-refractivity contribution is 5.72. The molecule has 0 radical (unpaired) electrons. The zero-order chi connectivity index (χ0) is 10.5. The first-order valence-electron chi connectivity index (χ1n) is 5.00. The van der Waals surface area contributed by atoms with Gasteiger partial charge in [-0.3, -0.25) is 4.79 Å². The number of nitrogens with one attached hydrogen (secondary N) is 1. The van der Waals surface area contributed by atoms with Gasteiger partial charge >= 0.3 is 0 Å². The van der Waals surface area contributed by atoms with E-state index in [0.717, 1.165) is 32.3 Å². The van der Waals surface area contributed by atoms with Crippen molar-refractivity contribution < 1.29 is 9.53 Å². The molecule has 0 aliphatic carbocycles. The molecule has 15 heavy (non-hydrogen) atoms. The number of hydrogen-bond acceptors (Lipinski definition) is 5. The van der Waals surface area contributed by atoms with E-state index in [1.165, 1.54) is 6.33 Å². The second kappa shape index (κ2) is 4.84. The van der Waals surface area contributed by atoms with Crippen molar-refractivity contribution in [3.05, 3.63) is 18.1 Å². The molecule has 1 aliphatic rings. The van der Waals surface area contributed by atoms with Crippen molar-refractivity contribution in [2.24, 2.45) is 0 Å². The van der Waals surface area contributed by atoms with Crippen LogP contribution in [0.5, 0.6) is 0 Å². The van der Waals surface area contributed by atoms with Crippen molar-refractivity contribution in [2.75, 3.05) is 18.5 Å². The van der Waals surface area contributed by atoms with E-state index in [9.17, 15) is 4.79 Å². The maximum atomic E-state index is 10.5. The molecule has 5 nitrogen and oxygen atoms in total. The molecule has 0 bridgehead atoms. The second-order valence-corrected chi connectivity index (χ2v) is 3.48. The first kappa shape index (κ1) is 10.0. The van der Waals surface area contributed by atoms with Crippen LogP contribution in [0.15, 0.2) is 12.4 Å². The average Bonchev–Trinajstić information content (AvgIpc) is 2.31. The predicted octanol–water partition coefficient (Wildman–Crippen LogP) is 0.880. The van der Waals surface area contributed by atoms with E-state index in [1.807, 2.05) is 0 Å². The van der Waals surface area contributed by atoms with Crippen LogP contribution in [-0.2, 0) is 4.74 Å². The van der Waals surface area contributed by atoms with Crippen molar-refractivity contribution >= 4 is 12.1 Å². The molecule has 1 aromatic heterocycles. The third-order valence-electron chi connectivity index (χ3n) is 2.38. The largest absolute Gasteiger partial charge is 0.381 e. The summed E-state index contributed by atoms with van der Waals surface area (Å²) in [5.74, 6) is 0.707. The molecule has 2 rings (SSSR count). The molecule has 1 aliphatic heterocycles. The van der Waals surface area contributed by atoms with E-state index >= 15 is 0 Å². The smallest absolute Gasteiger partial charge is 0.168 e. The molecule has 5 heteroatoms. The first-order chi connectivity index (χ1) is 7.38. The summed E-state index contributed by atoms with van der Waals surface area (Å²) < 4.78 is 5.25. The molecular formula is C10H13N3O2. The Kier molecular flexibility index (Phi) is 3.24. The van der Waals surface area contributed by atoms with Crippen molar-refractivity contribution in [1.29, 1.82) is 0 Å². The average molecular weight is 207 g/mol. The molecule has 2 heterocycles. The summed E-state index contributed by atoms with van der Waals surface area (Å²) in [4.78, 5) is 18.4. The van der Waals surface area contributed by atoms with Crippen LogP contribution in [0.25, 0.3) is 0 Å². The van der Waals surface area contributed by atoms with Gasteiger partial charge in [0.05, 0.1) is 0 Å². The molecule has 1 N–H and O–H groups in total. The van der Waals surface area contributed by atoms with Crippen LogP contribution in [0.1, 0.15) is 23.3 Å². The maximum Gasteiger partial charge on any atom is 0.168 e. The Balaban J connectivity index is 1.99. The Bertz CT molecular complexity index is 337. The number of aldehydes is 1. The molecule has 80 valence electrons. The number of rotatable bonds is 3. The maximum absolute atomic E-state index is 10.5. The van der Waals surface area contributed by atoms with Crippen LogP contribution in [-0.4, -0.2) is 35.5 Å². The van der Waals surface area contributed by atoms with Gasteiger partial charge in [-0.2, -0.15) is 0 Å². The Morgan fingerprint density at radius 2 is 2.20 bits per heavy atom. The summed E-state index contributed by atoms with van der Waals surface area (Å²) in [5, 5.41) is 3.27. The van der Waals surface area contributed by atoms with Crippen LogP contribution >= 0.6 is 0 Å². The minimum Gasteiger partial charge on any atom is -0.381 e. The minimum absolute atomic E-state index is 0.383. The quantitative estimate of drug-likeness (QED) is 0.745. The van der Waals surface area contributed by atoms with Gasteiger partial charge < -0.3 is 10.1 Å². The number of ether oxygens (including phenoxy) is 1. The van der Waals surface area contributed by atoms with Crippen molar-refractivity contribution in [3.63, 3.8) is 0 Å². The summed E-state index contributed by atoms with van der Waals surface area (Å²) >= 11 is 0. The predicted molar refractivity (Wildman–Crippen MR) is 54.9 cm³/mol. The zero-order valence-corrected chi connectivity index (χ0v) is 8.35. The van der Waals surface area contributed by atoms with E-state index in [-0.39, 0.29) is 0 Å². The number of carbonyl (C=O) groups is 1. The van der Waals surface area contributed by atoms with E-state index in [2.05, 4.69) is 15.3 Å². The van der Waals surface area contributed by atoms with Crippen molar-refractivity contribution in [3.8, 4) is 0 Å². The summed E-state index contributed by atoms with van der Waals surface area (Å²) in [7, 11) is 0. The molecule has 0 atom stereocenters.